The molecule has 7 heteroatoms. The van der Waals surface area contributed by atoms with E-state index in [2.05, 4.69) is 37.2 Å². The van der Waals surface area contributed by atoms with Crippen LogP contribution in [0.4, 0.5) is 11.8 Å². The summed E-state index contributed by atoms with van der Waals surface area (Å²) >= 11 is 0. The van der Waals surface area contributed by atoms with Crippen molar-refractivity contribution < 1.29 is 4.74 Å². The number of anilines is 2. The molecule has 1 atom stereocenters. The van der Waals surface area contributed by atoms with E-state index in [1.807, 2.05) is 0 Å². The van der Waals surface area contributed by atoms with Crippen LogP contribution >= 0.6 is 0 Å². The molecule has 1 N–H and O–H groups in total. The summed E-state index contributed by atoms with van der Waals surface area (Å²) in [6, 6.07) is 0. The first-order valence-corrected chi connectivity index (χ1v) is 7.87. The molecule has 0 spiro atoms. The van der Waals surface area contributed by atoms with Crippen LogP contribution in [0.1, 0.15) is 19.8 Å². The van der Waals surface area contributed by atoms with Crippen LogP contribution in [0.25, 0.3) is 0 Å². The summed E-state index contributed by atoms with van der Waals surface area (Å²) in [6.07, 6.45) is 4.26. The molecule has 0 aliphatic carbocycles. The van der Waals surface area contributed by atoms with E-state index in [0.29, 0.717) is 6.10 Å². The molecule has 0 aromatic carbocycles. The molecule has 0 bridgehead atoms. The van der Waals surface area contributed by atoms with Gasteiger partial charge < -0.3 is 19.9 Å². The summed E-state index contributed by atoms with van der Waals surface area (Å²) in [5.41, 5.74) is 0. The topological polar surface area (TPSA) is 66.4 Å². The number of aromatic nitrogens is 3. The van der Waals surface area contributed by atoms with Gasteiger partial charge in [0.1, 0.15) is 0 Å². The molecular weight excluding hydrogens is 268 g/mol. The Balaban J connectivity index is 1.55. The maximum Gasteiger partial charge on any atom is 0.247 e. The highest BCUT2D eigenvalue weighted by molar-refractivity contribution is 5.39. The summed E-state index contributed by atoms with van der Waals surface area (Å²) in [4.78, 5) is 9.21. The van der Waals surface area contributed by atoms with E-state index in [1.54, 1.807) is 6.20 Å². The molecule has 21 heavy (non-hydrogen) atoms. The summed E-state index contributed by atoms with van der Waals surface area (Å²) in [5.74, 6) is 1.51. The fraction of sp³-hybridized carbons (Fsp3) is 0.786. The lowest BCUT2D eigenvalue weighted by Gasteiger charge is -2.33. The highest BCUT2D eigenvalue weighted by Gasteiger charge is 2.19. The number of rotatable bonds is 5. The Bertz CT molecular complexity index is 443. The number of piperazine rings is 1. The van der Waals surface area contributed by atoms with E-state index < -0.39 is 0 Å². The SMILES string of the molecule is CCN1CCN(c2nncc(NCC3CCCO3)n2)CC1. The Kier molecular flexibility index (Phi) is 4.82. The highest BCUT2D eigenvalue weighted by Crippen LogP contribution is 2.15. The van der Waals surface area contributed by atoms with Crippen molar-refractivity contribution in [3.63, 3.8) is 0 Å². The molecule has 0 amide bonds. The van der Waals surface area contributed by atoms with Crippen LogP contribution in [0.15, 0.2) is 6.20 Å². The smallest absolute Gasteiger partial charge is 0.247 e. The summed E-state index contributed by atoms with van der Waals surface area (Å²) < 4.78 is 5.60. The zero-order chi connectivity index (χ0) is 14.5. The lowest BCUT2D eigenvalue weighted by atomic mass is 10.2. The average molecular weight is 292 g/mol. The molecule has 1 aromatic heterocycles. The van der Waals surface area contributed by atoms with Gasteiger partial charge in [-0.1, -0.05) is 6.92 Å². The van der Waals surface area contributed by atoms with Gasteiger partial charge >= 0.3 is 0 Å². The van der Waals surface area contributed by atoms with Gasteiger partial charge in [0.25, 0.3) is 0 Å². The predicted molar refractivity (Wildman–Crippen MR) is 81.6 cm³/mol. The molecule has 1 unspecified atom stereocenters. The van der Waals surface area contributed by atoms with E-state index >= 15 is 0 Å². The Morgan fingerprint density at radius 3 is 2.90 bits per heavy atom. The number of ether oxygens (including phenoxy) is 1. The Labute approximate surface area is 125 Å². The molecule has 0 radical (unpaired) electrons. The van der Waals surface area contributed by atoms with Gasteiger partial charge in [0.2, 0.25) is 5.95 Å². The van der Waals surface area contributed by atoms with Crippen LogP contribution in [0, 0.1) is 0 Å². The second-order valence-electron chi connectivity index (χ2n) is 5.58. The molecule has 2 aliphatic rings. The molecule has 2 saturated heterocycles. The van der Waals surface area contributed by atoms with Crippen LogP contribution in [0.2, 0.25) is 0 Å². The maximum atomic E-state index is 5.60. The zero-order valence-corrected chi connectivity index (χ0v) is 12.7. The van der Waals surface area contributed by atoms with E-state index in [4.69, 9.17) is 4.74 Å². The molecule has 0 saturated carbocycles. The van der Waals surface area contributed by atoms with Crippen LogP contribution in [0.3, 0.4) is 0 Å². The third-order valence-electron chi connectivity index (χ3n) is 4.18. The molecule has 116 valence electrons. The van der Waals surface area contributed by atoms with Gasteiger partial charge in [-0.25, -0.2) is 0 Å². The first-order valence-electron chi connectivity index (χ1n) is 7.87. The van der Waals surface area contributed by atoms with E-state index in [9.17, 15) is 0 Å². The van der Waals surface area contributed by atoms with E-state index in [-0.39, 0.29) is 0 Å². The van der Waals surface area contributed by atoms with Gasteiger partial charge in [-0.05, 0) is 19.4 Å². The Morgan fingerprint density at radius 2 is 2.19 bits per heavy atom. The second-order valence-corrected chi connectivity index (χ2v) is 5.58. The van der Waals surface area contributed by atoms with Crippen molar-refractivity contribution in [1.82, 2.24) is 20.1 Å². The third kappa shape index (κ3) is 3.79. The fourth-order valence-electron chi connectivity index (χ4n) is 2.80. The molecule has 3 rings (SSSR count). The minimum absolute atomic E-state index is 0.302. The lowest BCUT2D eigenvalue weighted by Crippen LogP contribution is -2.46. The van der Waals surface area contributed by atoms with Gasteiger partial charge in [-0.3, -0.25) is 0 Å². The maximum absolute atomic E-state index is 5.60. The van der Waals surface area contributed by atoms with E-state index in [1.165, 1.54) is 0 Å². The standard InChI is InChI=1S/C14H24N6O/c1-2-19-5-7-20(8-6-19)14-17-13(11-16-18-14)15-10-12-4-3-9-21-12/h11-12H,2-10H2,1H3,(H,15,17,18). The highest BCUT2D eigenvalue weighted by atomic mass is 16.5. The van der Waals surface area contributed by atoms with Crippen molar-refractivity contribution in [2.75, 3.05) is 56.1 Å². The molecule has 7 nitrogen and oxygen atoms in total. The molecular formula is C14H24N6O. The number of hydrogen-bond acceptors (Lipinski definition) is 7. The molecule has 1 aromatic rings. The minimum atomic E-state index is 0.302. The Morgan fingerprint density at radius 1 is 1.33 bits per heavy atom. The summed E-state index contributed by atoms with van der Waals surface area (Å²) in [5, 5.41) is 11.6. The van der Waals surface area contributed by atoms with Crippen molar-refractivity contribution in [3.8, 4) is 0 Å². The quantitative estimate of drug-likeness (QED) is 0.852. The second kappa shape index (κ2) is 7.00. The Hall–Kier alpha value is -1.47. The van der Waals surface area contributed by atoms with Crippen LogP contribution in [-0.2, 0) is 4.74 Å². The van der Waals surface area contributed by atoms with Gasteiger partial charge in [-0.15, -0.1) is 5.10 Å². The van der Waals surface area contributed by atoms with Gasteiger partial charge in [0, 0.05) is 39.3 Å². The summed E-state index contributed by atoms with van der Waals surface area (Å²) in [6.45, 7) is 9.03. The summed E-state index contributed by atoms with van der Waals surface area (Å²) in [7, 11) is 0. The van der Waals surface area contributed by atoms with Crippen molar-refractivity contribution in [2.24, 2.45) is 0 Å². The van der Waals surface area contributed by atoms with Crippen LogP contribution in [0.5, 0.6) is 0 Å². The van der Waals surface area contributed by atoms with Crippen molar-refractivity contribution in [2.45, 2.75) is 25.9 Å². The van der Waals surface area contributed by atoms with Gasteiger partial charge in [-0.2, -0.15) is 10.1 Å². The first kappa shape index (κ1) is 14.5. The molecule has 2 fully saturated rings. The monoisotopic (exact) mass is 292 g/mol. The van der Waals surface area contributed by atoms with Crippen molar-refractivity contribution in [1.29, 1.82) is 0 Å². The lowest BCUT2D eigenvalue weighted by molar-refractivity contribution is 0.120. The van der Waals surface area contributed by atoms with Crippen molar-refractivity contribution >= 4 is 11.8 Å². The molecule has 3 heterocycles. The fourth-order valence-corrected chi connectivity index (χ4v) is 2.80. The normalized spacial score (nSPS) is 23.5. The third-order valence-corrected chi connectivity index (χ3v) is 4.18. The largest absolute Gasteiger partial charge is 0.376 e. The number of nitrogens with one attached hydrogen (secondary N) is 1. The van der Waals surface area contributed by atoms with E-state index in [0.717, 1.165) is 70.5 Å². The predicted octanol–water partition coefficient (Wildman–Crippen LogP) is 0.604. The van der Waals surface area contributed by atoms with Crippen LogP contribution in [-0.4, -0.2) is 72.1 Å². The zero-order valence-electron chi connectivity index (χ0n) is 12.7. The average Bonchev–Trinajstić information content (AvgIpc) is 3.07. The minimum Gasteiger partial charge on any atom is -0.376 e. The molecule has 2 aliphatic heterocycles. The van der Waals surface area contributed by atoms with Gasteiger partial charge in [0.15, 0.2) is 5.82 Å². The number of hydrogen-bond donors (Lipinski definition) is 1. The first-order chi connectivity index (χ1) is 10.3. The van der Waals surface area contributed by atoms with Crippen LogP contribution < -0.4 is 10.2 Å². The number of nitrogens with zero attached hydrogens (tertiary/aromatic N) is 5. The van der Waals surface area contributed by atoms with Gasteiger partial charge in [0.05, 0.1) is 12.3 Å². The van der Waals surface area contributed by atoms with Crippen molar-refractivity contribution in [3.05, 3.63) is 6.20 Å². The number of likely N-dealkylation sites (N-methyl/N-ethyl adjacent to an activating group) is 1.